The van der Waals surface area contributed by atoms with Crippen LogP contribution in [0.2, 0.25) is 0 Å². The highest BCUT2D eigenvalue weighted by Gasteiger charge is 2.17. The Kier molecular flexibility index (Phi) is 6.65. The third-order valence-corrected chi connectivity index (χ3v) is 4.04. The third kappa shape index (κ3) is 6.00. The monoisotopic (exact) mass is 370 g/mol. The molecule has 1 aliphatic rings. The lowest BCUT2D eigenvalue weighted by molar-refractivity contribution is -0.137. The Morgan fingerprint density at radius 2 is 1.70 bits per heavy atom. The lowest BCUT2D eigenvalue weighted by Gasteiger charge is -2.26. The molecule has 0 atom stereocenters. The van der Waals surface area contributed by atoms with Crippen molar-refractivity contribution in [3.8, 4) is 5.75 Å². The Bertz CT molecular complexity index is 743. The van der Waals surface area contributed by atoms with Crippen molar-refractivity contribution in [1.82, 2.24) is 4.90 Å². The molecule has 1 saturated heterocycles. The fourth-order valence-electron chi connectivity index (χ4n) is 2.56. The zero-order valence-electron chi connectivity index (χ0n) is 14.9. The van der Waals surface area contributed by atoms with Crippen molar-refractivity contribution < 1.29 is 23.8 Å². The predicted molar refractivity (Wildman–Crippen MR) is 99.6 cm³/mol. The maximum absolute atomic E-state index is 12.0. The largest absolute Gasteiger partial charge is 0.484 e. The number of hydrogen-bond donors (Lipinski definition) is 1. The van der Waals surface area contributed by atoms with Crippen molar-refractivity contribution in [1.29, 1.82) is 0 Å². The predicted octanol–water partition coefficient (Wildman–Crippen LogP) is 2.67. The molecule has 1 fully saturated rings. The van der Waals surface area contributed by atoms with Crippen LogP contribution in [0.25, 0.3) is 0 Å². The van der Waals surface area contributed by atoms with Crippen molar-refractivity contribution in [2.75, 3.05) is 38.2 Å². The Labute approximate surface area is 157 Å². The second kappa shape index (κ2) is 9.59. The number of nitrogens with zero attached hydrogens (tertiary/aromatic N) is 1. The number of rotatable bonds is 6. The maximum atomic E-state index is 12.0. The van der Waals surface area contributed by atoms with Crippen LogP contribution in [-0.2, 0) is 20.9 Å². The Morgan fingerprint density at radius 1 is 1.00 bits per heavy atom. The number of carbonyl (C=O) groups is 2. The number of morpholine rings is 1. The van der Waals surface area contributed by atoms with Gasteiger partial charge in [-0.15, -0.1) is 0 Å². The summed E-state index contributed by atoms with van der Waals surface area (Å²) in [5.74, 6) is 0.491. The van der Waals surface area contributed by atoms with Crippen molar-refractivity contribution >= 4 is 17.7 Å². The molecule has 3 rings (SSSR count). The van der Waals surface area contributed by atoms with Crippen molar-refractivity contribution in [3.05, 3.63) is 60.2 Å². The summed E-state index contributed by atoms with van der Waals surface area (Å²) in [6.45, 7) is 2.49. The van der Waals surface area contributed by atoms with Gasteiger partial charge in [0, 0.05) is 18.8 Å². The summed E-state index contributed by atoms with van der Waals surface area (Å²) in [4.78, 5) is 25.6. The number of nitrogens with one attached hydrogen (secondary N) is 1. The van der Waals surface area contributed by atoms with Gasteiger partial charge in [-0.05, 0) is 29.8 Å². The van der Waals surface area contributed by atoms with Crippen LogP contribution in [0.4, 0.5) is 10.5 Å². The molecular weight excluding hydrogens is 348 g/mol. The number of anilines is 1. The highest BCUT2D eigenvalue weighted by molar-refractivity contribution is 5.84. The van der Waals surface area contributed by atoms with Crippen LogP contribution in [0.5, 0.6) is 5.75 Å². The van der Waals surface area contributed by atoms with Gasteiger partial charge in [-0.25, -0.2) is 4.79 Å². The summed E-state index contributed by atoms with van der Waals surface area (Å²) in [5, 5.41) is 2.65. The van der Waals surface area contributed by atoms with E-state index in [1.54, 1.807) is 29.2 Å². The van der Waals surface area contributed by atoms with E-state index in [1.807, 2.05) is 30.3 Å². The topological polar surface area (TPSA) is 77.1 Å². The molecule has 7 heteroatoms. The van der Waals surface area contributed by atoms with E-state index < -0.39 is 6.09 Å². The van der Waals surface area contributed by atoms with E-state index in [4.69, 9.17) is 14.2 Å². The average molecular weight is 370 g/mol. The Balaban J connectivity index is 1.41. The molecule has 0 bridgehead atoms. The second-order valence-electron chi connectivity index (χ2n) is 5.99. The number of amides is 2. The molecule has 1 N–H and O–H groups in total. The molecule has 0 spiro atoms. The van der Waals surface area contributed by atoms with Crippen molar-refractivity contribution in [3.63, 3.8) is 0 Å². The third-order valence-electron chi connectivity index (χ3n) is 4.04. The number of hydrogen-bond acceptors (Lipinski definition) is 5. The van der Waals surface area contributed by atoms with Crippen molar-refractivity contribution in [2.45, 2.75) is 6.61 Å². The standard InChI is InChI=1S/C20H22N2O5/c23-19(22-10-12-25-13-11-22)15-26-18-8-6-17(7-9-18)21-20(24)27-14-16-4-2-1-3-5-16/h1-9H,10-15H2,(H,21,24). The molecule has 0 radical (unpaired) electrons. The quantitative estimate of drug-likeness (QED) is 0.846. The lowest BCUT2D eigenvalue weighted by Crippen LogP contribution is -2.42. The van der Waals surface area contributed by atoms with Gasteiger partial charge in [-0.3, -0.25) is 10.1 Å². The minimum Gasteiger partial charge on any atom is -0.484 e. The van der Waals surface area contributed by atoms with Crippen LogP contribution < -0.4 is 10.1 Å². The van der Waals surface area contributed by atoms with Crippen molar-refractivity contribution in [2.24, 2.45) is 0 Å². The summed E-state index contributed by atoms with van der Waals surface area (Å²) in [6.07, 6.45) is -0.532. The molecule has 142 valence electrons. The second-order valence-corrected chi connectivity index (χ2v) is 5.99. The summed E-state index contributed by atoms with van der Waals surface area (Å²) in [6, 6.07) is 16.2. The minimum atomic E-state index is -0.532. The molecule has 1 aliphatic heterocycles. The van der Waals surface area contributed by atoms with Gasteiger partial charge >= 0.3 is 6.09 Å². The molecule has 2 aromatic carbocycles. The highest BCUT2D eigenvalue weighted by atomic mass is 16.5. The number of carbonyl (C=O) groups excluding carboxylic acids is 2. The van der Waals surface area contributed by atoms with E-state index in [2.05, 4.69) is 5.32 Å². The molecule has 0 saturated carbocycles. The van der Waals surface area contributed by atoms with E-state index in [0.29, 0.717) is 37.7 Å². The van der Waals surface area contributed by atoms with E-state index >= 15 is 0 Å². The first-order valence-corrected chi connectivity index (χ1v) is 8.77. The van der Waals surface area contributed by atoms with Crippen LogP contribution in [-0.4, -0.2) is 49.8 Å². The number of benzene rings is 2. The first-order chi connectivity index (χ1) is 13.2. The molecule has 7 nitrogen and oxygen atoms in total. The van der Waals surface area contributed by atoms with Gasteiger partial charge in [0.15, 0.2) is 6.61 Å². The van der Waals surface area contributed by atoms with Crippen LogP contribution in [0.1, 0.15) is 5.56 Å². The van der Waals surface area contributed by atoms with E-state index in [-0.39, 0.29) is 19.1 Å². The van der Waals surface area contributed by atoms with Gasteiger partial charge in [0.25, 0.3) is 5.91 Å². The fourth-order valence-corrected chi connectivity index (χ4v) is 2.56. The van der Waals surface area contributed by atoms with Crippen LogP contribution in [0.15, 0.2) is 54.6 Å². The first-order valence-electron chi connectivity index (χ1n) is 8.77. The summed E-state index contributed by atoms with van der Waals surface area (Å²) in [5.41, 5.74) is 1.50. The smallest absolute Gasteiger partial charge is 0.411 e. The zero-order chi connectivity index (χ0) is 18.9. The fraction of sp³-hybridized carbons (Fsp3) is 0.300. The molecule has 2 amide bonds. The van der Waals surface area contributed by atoms with Gasteiger partial charge in [-0.2, -0.15) is 0 Å². The van der Waals surface area contributed by atoms with Crippen LogP contribution in [0, 0.1) is 0 Å². The molecule has 2 aromatic rings. The summed E-state index contributed by atoms with van der Waals surface area (Å²) < 4.78 is 15.9. The van der Waals surface area contributed by atoms with Crippen LogP contribution >= 0.6 is 0 Å². The van der Waals surface area contributed by atoms with Crippen LogP contribution in [0.3, 0.4) is 0 Å². The zero-order valence-corrected chi connectivity index (χ0v) is 14.9. The van der Waals surface area contributed by atoms with E-state index in [1.165, 1.54) is 0 Å². The Hall–Kier alpha value is -3.06. The molecule has 1 heterocycles. The minimum absolute atomic E-state index is 0.0219. The van der Waals surface area contributed by atoms with Gasteiger partial charge in [0.2, 0.25) is 0 Å². The molecule has 0 unspecified atom stereocenters. The molecule has 0 aliphatic carbocycles. The lowest BCUT2D eigenvalue weighted by atomic mass is 10.2. The average Bonchev–Trinajstić information content (AvgIpc) is 2.73. The highest BCUT2D eigenvalue weighted by Crippen LogP contribution is 2.16. The Morgan fingerprint density at radius 3 is 2.41 bits per heavy atom. The van der Waals surface area contributed by atoms with E-state index in [9.17, 15) is 9.59 Å². The summed E-state index contributed by atoms with van der Waals surface area (Å²) >= 11 is 0. The van der Waals surface area contributed by atoms with Gasteiger partial charge in [0.05, 0.1) is 13.2 Å². The van der Waals surface area contributed by atoms with E-state index in [0.717, 1.165) is 5.56 Å². The van der Waals surface area contributed by atoms with Gasteiger partial charge in [0.1, 0.15) is 12.4 Å². The number of ether oxygens (including phenoxy) is 3. The molecule has 0 aromatic heterocycles. The van der Waals surface area contributed by atoms with Gasteiger partial charge < -0.3 is 19.1 Å². The van der Waals surface area contributed by atoms with Gasteiger partial charge in [-0.1, -0.05) is 30.3 Å². The molecule has 27 heavy (non-hydrogen) atoms. The normalized spacial score (nSPS) is 13.7. The first kappa shape index (κ1) is 18.7. The maximum Gasteiger partial charge on any atom is 0.411 e. The summed E-state index contributed by atoms with van der Waals surface area (Å²) in [7, 11) is 0. The molecular formula is C20H22N2O5. The SMILES string of the molecule is O=C(Nc1ccc(OCC(=O)N2CCOCC2)cc1)OCc1ccccc1.